The Balaban J connectivity index is 1.95. The quantitative estimate of drug-likeness (QED) is 0.899. The highest BCUT2D eigenvalue weighted by Gasteiger charge is 2.19. The molecule has 1 aliphatic heterocycles. The summed E-state index contributed by atoms with van der Waals surface area (Å²) < 4.78 is 0. The minimum absolute atomic E-state index is 0.148. The van der Waals surface area contributed by atoms with E-state index in [1.165, 1.54) is 0 Å². The van der Waals surface area contributed by atoms with Gasteiger partial charge in [-0.15, -0.1) is 0 Å². The first-order valence-electron chi connectivity index (χ1n) is 7.02. The first-order valence-corrected chi connectivity index (χ1v) is 7.02. The molecule has 1 aliphatic rings. The second-order valence-electron chi connectivity index (χ2n) is 5.10. The van der Waals surface area contributed by atoms with Crippen molar-refractivity contribution in [1.82, 2.24) is 9.80 Å². The van der Waals surface area contributed by atoms with E-state index in [0.717, 1.165) is 50.4 Å². The number of likely N-dealkylation sites (N-methyl/N-ethyl adjacent to an activating group) is 1. The van der Waals surface area contributed by atoms with Crippen LogP contribution in [-0.2, 0) is 0 Å². The lowest BCUT2D eigenvalue weighted by Gasteiger charge is -2.32. The van der Waals surface area contributed by atoms with Crippen molar-refractivity contribution in [3.05, 3.63) is 29.8 Å². The molecule has 4 heteroatoms. The van der Waals surface area contributed by atoms with Gasteiger partial charge in [-0.25, -0.2) is 0 Å². The average molecular weight is 261 g/mol. The zero-order valence-corrected chi connectivity index (χ0v) is 11.9. The number of nitrogens with one attached hydrogen (secondary N) is 1. The van der Waals surface area contributed by atoms with Crippen LogP contribution in [0.3, 0.4) is 0 Å². The number of anilines is 1. The largest absolute Gasteiger partial charge is 0.385 e. The summed E-state index contributed by atoms with van der Waals surface area (Å²) in [4.78, 5) is 16.5. The Bertz CT molecular complexity index is 408. The van der Waals surface area contributed by atoms with Crippen LogP contribution >= 0.6 is 0 Å². The van der Waals surface area contributed by atoms with E-state index in [0.29, 0.717) is 0 Å². The van der Waals surface area contributed by atoms with Crippen LogP contribution in [0.15, 0.2) is 24.3 Å². The summed E-state index contributed by atoms with van der Waals surface area (Å²) in [6.45, 7) is 6.67. The Hall–Kier alpha value is -1.55. The maximum absolute atomic E-state index is 12.3. The molecule has 4 nitrogen and oxygen atoms in total. The smallest absolute Gasteiger partial charge is 0.253 e. The van der Waals surface area contributed by atoms with Crippen LogP contribution in [-0.4, -0.2) is 55.5 Å². The van der Waals surface area contributed by atoms with Gasteiger partial charge in [-0.05, 0) is 37.7 Å². The van der Waals surface area contributed by atoms with Crippen molar-refractivity contribution in [3.8, 4) is 0 Å². The normalized spacial score (nSPS) is 16.4. The molecule has 104 valence electrons. The molecule has 0 atom stereocenters. The molecule has 2 rings (SSSR count). The van der Waals surface area contributed by atoms with Crippen LogP contribution in [0.25, 0.3) is 0 Å². The molecule has 1 fully saturated rings. The third-order valence-corrected chi connectivity index (χ3v) is 3.50. The van der Waals surface area contributed by atoms with E-state index in [9.17, 15) is 4.79 Å². The van der Waals surface area contributed by atoms with E-state index in [1.54, 1.807) is 0 Å². The van der Waals surface area contributed by atoms with Crippen molar-refractivity contribution in [2.24, 2.45) is 0 Å². The number of carbonyl (C=O) groups excluding carboxylic acids is 1. The number of benzene rings is 1. The van der Waals surface area contributed by atoms with Gasteiger partial charge in [-0.2, -0.15) is 0 Å². The van der Waals surface area contributed by atoms with Crippen molar-refractivity contribution in [2.75, 3.05) is 45.1 Å². The maximum Gasteiger partial charge on any atom is 0.253 e. The lowest BCUT2D eigenvalue weighted by molar-refractivity contribution is 0.0664. The summed E-state index contributed by atoms with van der Waals surface area (Å²) in [6, 6.07) is 7.80. The zero-order valence-electron chi connectivity index (χ0n) is 11.9. The predicted molar refractivity (Wildman–Crippen MR) is 78.6 cm³/mol. The maximum atomic E-state index is 12.3. The highest BCUT2D eigenvalue weighted by atomic mass is 16.2. The minimum atomic E-state index is 0.148. The molecular weight excluding hydrogens is 238 g/mol. The van der Waals surface area contributed by atoms with Crippen LogP contribution < -0.4 is 5.32 Å². The van der Waals surface area contributed by atoms with Gasteiger partial charge in [0.05, 0.1) is 0 Å². The van der Waals surface area contributed by atoms with Crippen LogP contribution in [0.2, 0.25) is 0 Å². The molecule has 1 aromatic rings. The molecule has 0 aliphatic carbocycles. The molecule has 0 spiro atoms. The van der Waals surface area contributed by atoms with Gasteiger partial charge in [-0.1, -0.05) is 6.92 Å². The summed E-state index contributed by atoms with van der Waals surface area (Å²) in [5, 5.41) is 3.31. The van der Waals surface area contributed by atoms with E-state index in [2.05, 4.69) is 24.2 Å². The predicted octanol–water partition coefficient (Wildman–Crippen LogP) is 1.90. The number of hydrogen-bond acceptors (Lipinski definition) is 3. The first-order chi connectivity index (χ1) is 9.20. The fraction of sp³-hybridized carbons (Fsp3) is 0.533. The number of nitrogens with zero attached hydrogens (tertiary/aromatic N) is 2. The number of amides is 1. The number of rotatable bonds is 4. The van der Waals surface area contributed by atoms with Crippen LogP contribution in [0.1, 0.15) is 23.7 Å². The fourth-order valence-electron chi connectivity index (χ4n) is 2.19. The molecule has 1 heterocycles. The van der Waals surface area contributed by atoms with E-state index < -0.39 is 0 Å². The first kappa shape index (κ1) is 13.9. The van der Waals surface area contributed by atoms with Crippen LogP contribution in [0.4, 0.5) is 5.69 Å². The van der Waals surface area contributed by atoms with Gasteiger partial charge in [0.25, 0.3) is 5.91 Å². The molecule has 0 unspecified atom stereocenters. The number of hydrogen-bond donors (Lipinski definition) is 1. The summed E-state index contributed by atoms with van der Waals surface area (Å²) in [7, 11) is 2.09. The van der Waals surface area contributed by atoms with Gasteiger partial charge in [0.15, 0.2) is 0 Å². The van der Waals surface area contributed by atoms with E-state index in [4.69, 9.17) is 0 Å². The minimum Gasteiger partial charge on any atom is -0.385 e. The van der Waals surface area contributed by atoms with Gasteiger partial charge in [0.1, 0.15) is 0 Å². The van der Waals surface area contributed by atoms with E-state index in [1.807, 2.05) is 29.2 Å². The molecule has 0 saturated carbocycles. The second-order valence-corrected chi connectivity index (χ2v) is 5.10. The molecule has 1 amide bonds. The molecule has 1 N–H and O–H groups in total. The molecule has 1 saturated heterocycles. The van der Waals surface area contributed by atoms with Crippen LogP contribution in [0.5, 0.6) is 0 Å². The topological polar surface area (TPSA) is 35.6 Å². The third kappa shape index (κ3) is 3.70. The third-order valence-electron chi connectivity index (χ3n) is 3.50. The lowest BCUT2D eigenvalue weighted by Crippen LogP contribution is -2.47. The fourth-order valence-corrected chi connectivity index (χ4v) is 2.19. The van der Waals surface area contributed by atoms with Gasteiger partial charge < -0.3 is 15.1 Å². The SMILES string of the molecule is CCCNc1ccc(C(=O)N2CCN(C)CC2)cc1. The average Bonchev–Trinajstić information content (AvgIpc) is 2.46. The second kappa shape index (κ2) is 6.57. The van der Waals surface area contributed by atoms with Crippen molar-refractivity contribution < 1.29 is 4.79 Å². The summed E-state index contributed by atoms with van der Waals surface area (Å²) in [5.74, 6) is 0.148. The van der Waals surface area contributed by atoms with Crippen molar-refractivity contribution in [1.29, 1.82) is 0 Å². The van der Waals surface area contributed by atoms with Crippen molar-refractivity contribution >= 4 is 11.6 Å². The van der Waals surface area contributed by atoms with Gasteiger partial charge >= 0.3 is 0 Å². The molecule has 19 heavy (non-hydrogen) atoms. The number of carbonyl (C=O) groups is 1. The lowest BCUT2D eigenvalue weighted by atomic mass is 10.1. The monoisotopic (exact) mass is 261 g/mol. The number of piperazine rings is 1. The van der Waals surface area contributed by atoms with Crippen molar-refractivity contribution in [2.45, 2.75) is 13.3 Å². The molecule has 0 radical (unpaired) electrons. The van der Waals surface area contributed by atoms with Gasteiger partial charge in [0.2, 0.25) is 0 Å². The highest BCUT2D eigenvalue weighted by Crippen LogP contribution is 2.12. The molecule has 0 bridgehead atoms. The Kier molecular flexibility index (Phi) is 4.80. The molecule has 1 aromatic carbocycles. The Morgan fingerprint density at radius 2 is 1.79 bits per heavy atom. The van der Waals surface area contributed by atoms with Crippen LogP contribution in [0, 0.1) is 0 Å². The summed E-state index contributed by atoms with van der Waals surface area (Å²) >= 11 is 0. The van der Waals surface area contributed by atoms with E-state index in [-0.39, 0.29) is 5.91 Å². The Morgan fingerprint density at radius 3 is 2.37 bits per heavy atom. The highest BCUT2D eigenvalue weighted by molar-refractivity contribution is 5.94. The van der Waals surface area contributed by atoms with Gasteiger partial charge in [-0.3, -0.25) is 4.79 Å². The Labute approximate surface area is 115 Å². The van der Waals surface area contributed by atoms with Gasteiger partial charge in [0, 0.05) is 44.0 Å². The molecular formula is C15H23N3O. The summed E-state index contributed by atoms with van der Waals surface area (Å²) in [6.07, 6.45) is 1.10. The van der Waals surface area contributed by atoms with E-state index >= 15 is 0 Å². The molecule has 0 aromatic heterocycles. The zero-order chi connectivity index (χ0) is 13.7. The standard InChI is InChI=1S/C15H23N3O/c1-3-8-16-14-6-4-13(5-7-14)15(19)18-11-9-17(2)10-12-18/h4-7,16H,3,8-12H2,1-2H3. The Morgan fingerprint density at radius 1 is 1.16 bits per heavy atom. The van der Waals surface area contributed by atoms with Crippen molar-refractivity contribution in [3.63, 3.8) is 0 Å². The summed E-state index contributed by atoms with van der Waals surface area (Å²) in [5.41, 5.74) is 1.86.